The van der Waals surface area contributed by atoms with Crippen molar-refractivity contribution < 1.29 is 8.42 Å². The molecule has 0 bridgehead atoms. The monoisotopic (exact) mass is 286 g/mol. The fourth-order valence-electron chi connectivity index (χ4n) is 1.27. The van der Waals surface area contributed by atoms with E-state index in [1.54, 1.807) is 12.1 Å². The molecule has 0 unspecified atom stereocenters. The lowest BCUT2D eigenvalue weighted by Crippen LogP contribution is -2.37. The molecular weight excluding hydrogens is 264 g/mol. The molecule has 0 fully saturated rings. The summed E-state index contributed by atoms with van der Waals surface area (Å²) in [6.45, 7) is 8.48. The zero-order valence-corrected chi connectivity index (χ0v) is 12.6. The summed E-state index contributed by atoms with van der Waals surface area (Å²) in [5, 5.41) is -0.0861. The van der Waals surface area contributed by atoms with Crippen molar-refractivity contribution >= 4 is 15.7 Å². The van der Waals surface area contributed by atoms with E-state index < -0.39 is 10.0 Å². The molecule has 0 aromatic carbocycles. The molecule has 0 aliphatic carbocycles. The van der Waals surface area contributed by atoms with Gasteiger partial charge in [0, 0.05) is 12.7 Å². The molecule has 0 saturated heterocycles. The van der Waals surface area contributed by atoms with Gasteiger partial charge in [0.25, 0.3) is 10.0 Å². The number of hydrogen-bond donors (Lipinski definition) is 3. The number of hydrazine groups is 1. The first kappa shape index (κ1) is 15.9. The number of nitrogen functional groups attached to an aromatic ring is 1. The Morgan fingerprint density at radius 1 is 1.42 bits per heavy atom. The summed E-state index contributed by atoms with van der Waals surface area (Å²) in [6.07, 6.45) is 1.42. The quantitative estimate of drug-likeness (QED) is 0.541. The fourth-order valence-corrected chi connectivity index (χ4v) is 2.58. The number of sulfonamides is 1. The van der Waals surface area contributed by atoms with Crippen LogP contribution in [0.5, 0.6) is 0 Å². The second-order valence-corrected chi connectivity index (χ2v) is 7.15. The zero-order valence-electron chi connectivity index (χ0n) is 11.8. The third-order valence-electron chi connectivity index (χ3n) is 3.46. The van der Waals surface area contributed by atoms with Crippen molar-refractivity contribution in [1.82, 2.24) is 9.71 Å². The van der Waals surface area contributed by atoms with Crippen LogP contribution in [0.3, 0.4) is 0 Å². The summed E-state index contributed by atoms with van der Waals surface area (Å²) < 4.78 is 27.0. The molecule has 0 amide bonds. The second-order valence-electron chi connectivity index (χ2n) is 5.47. The van der Waals surface area contributed by atoms with Crippen molar-refractivity contribution in [2.24, 2.45) is 17.2 Å². The van der Waals surface area contributed by atoms with Crippen LogP contribution in [0.15, 0.2) is 23.4 Å². The SMILES string of the molecule is CC(C)C(C)(C)CNS(=O)(=O)c1ncccc1NN. The average molecular weight is 286 g/mol. The highest BCUT2D eigenvalue weighted by Gasteiger charge is 2.27. The number of nitrogens with one attached hydrogen (secondary N) is 2. The van der Waals surface area contributed by atoms with Gasteiger partial charge in [0.1, 0.15) is 0 Å². The predicted octanol–water partition coefficient (Wildman–Crippen LogP) is 1.33. The van der Waals surface area contributed by atoms with E-state index in [2.05, 4.69) is 29.0 Å². The average Bonchev–Trinajstić information content (AvgIpc) is 2.36. The molecule has 0 spiro atoms. The van der Waals surface area contributed by atoms with Crippen LogP contribution in [0.25, 0.3) is 0 Å². The minimum absolute atomic E-state index is 0.0861. The summed E-state index contributed by atoms with van der Waals surface area (Å²) in [7, 11) is -3.67. The molecule has 0 radical (unpaired) electrons. The minimum atomic E-state index is -3.67. The van der Waals surface area contributed by atoms with E-state index in [0.29, 0.717) is 12.5 Å². The lowest BCUT2D eigenvalue weighted by molar-refractivity contribution is 0.252. The van der Waals surface area contributed by atoms with Crippen molar-refractivity contribution in [2.45, 2.75) is 32.7 Å². The van der Waals surface area contributed by atoms with E-state index >= 15 is 0 Å². The Bertz CT molecular complexity index is 526. The lowest BCUT2D eigenvalue weighted by Gasteiger charge is -2.29. The Morgan fingerprint density at radius 3 is 2.58 bits per heavy atom. The summed E-state index contributed by atoms with van der Waals surface area (Å²) in [5.41, 5.74) is 2.47. The van der Waals surface area contributed by atoms with Gasteiger partial charge in [0.15, 0.2) is 5.03 Å². The molecular formula is C12H22N4O2S. The normalized spacial score (nSPS) is 12.7. The maximum Gasteiger partial charge on any atom is 0.260 e. The number of aromatic nitrogens is 1. The third kappa shape index (κ3) is 3.89. The maximum atomic E-state index is 12.2. The van der Waals surface area contributed by atoms with Crippen molar-refractivity contribution in [3.8, 4) is 0 Å². The smallest absolute Gasteiger partial charge is 0.260 e. The van der Waals surface area contributed by atoms with Crippen molar-refractivity contribution in [2.75, 3.05) is 12.0 Å². The van der Waals surface area contributed by atoms with Crippen molar-refractivity contribution in [1.29, 1.82) is 0 Å². The van der Waals surface area contributed by atoms with E-state index in [9.17, 15) is 8.42 Å². The predicted molar refractivity (Wildman–Crippen MR) is 75.9 cm³/mol. The topological polar surface area (TPSA) is 97.1 Å². The van der Waals surface area contributed by atoms with E-state index in [4.69, 9.17) is 5.84 Å². The molecule has 1 rings (SSSR count). The number of nitrogens with two attached hydrogens (primary N) is 1. The molecule has 0 saturated carbocycles. The number of nitrogens with zero attached hydrogens (tertiary/aromatic N) is 1. The number of anilines is 1. The number of pyridine rings is 1. The molecule has 0 aliphatic rings. The van der Waals surface area contributed by atoms with Crippen LogP contribution in [-0.4, -0.2) is 19.9 Å². The summed E-state index contributed by atoms with van der Waals surface area (Å²) in [6, 6.07) is 3.18. The molecule has 1 aromatic heterocycles. The number of rotatable bonds is 6. The largest absolute Gasteiger partial charge is 0.321 e. The second kappa shape index (κ2) is 5.85. The first-order valence-corrected chi connectivity index (χ1v) is 7.60. The highest BCUT2D eigenvalue weighted by atomic mass is 32.2. The third-order valence-corrected chi connectivity index (χ3v) is 4.82. The van der Waals surface area contributed by atoms with Crippen LogP contribution in [0, 0.1) is 11.3 Å². The van der Waals surface area contributed by atoms with Gasteiger partial charge < -0.3 is 5.43 Å². The molecule has 7 heteroatoms. The van der Waals surface area contributed by atoms with E-state index in [-0.39, 0.29) is 16.1 Å². The van der Waals surface area contributed by atoms with Gasteiger partial charge in [-0.3, -0.25) is 5.84 Å². The summed E-state index contributed by atoms with van der Waals surface area (Å²) >= 11 is 0. The van der Waals surface area contributed by atoms with Gasteiger partial charge in [-0.2, -0.15) is 0 Å². The molecule has 1 heterocycles. The zero-order chi connectivity index (χ0) is 14.7. The standard InChI is InChI=1S/C12H22N4O2S/c1-9(2)12(3,4)8-15-19(17,18)11-10(16-13)6-5-7-14-11/h5-7,9,15-16H,8,13H2,1-4H3. The Labute approximate surface area is 114 Å². The Balaban J connectivity index is 2.94. The Morgan fingerprint density at radius 2 is 2.05 bits per heavy atom. The fraction of sp³-hybridized carbons (Fsp3) is 0.583. The molecule has 108 valence electrons. The van der Waals surface area contributed by atoms with Gasteiger partial charge in [-0.1, -0.05) is 27.7 Å². The van der Waals surface area contributed by atoms with E-state index in [1.165, 1.54) is 6.20 Å². The van der Waals surface area contributed by atoms with Crippen LogP contribution in [0.1, 0.15) is 27.7 Å². The van der Waals surface area contributed by atoms with E-state index in [1.807, 2.05) is 13.8 Å². The highest BCUT2D eigenvalue weighted by Crippen LogP contribution is 2.26. The van der Waals surface area contributed by atoms with Gasteiger partial charge in [-0.15, -0.1) is 0 Å². The van der Waals surface area contributed by atoms with Crippen LogP contribution < -0.4 is 16.0 Å². The first-order valence-electron chi connectivity index (χ1n) is 6.12. The van der Waals surface area contributed by atoms with Crippen LogP contribution >= 0.6 is 0 Å². The van der Waals surface area contributed by atoms with Gasteiger partial charge in [-0.05, 0) is 23.5 Å². The highest BCUT2D eigenvalue weighted by molar-refractivity contribution is 7.89. The van der Waals surface area contributed by atoms with Crippen LogP contribution in [-0.2, 0) is 10.0 Å². The van der Waals surface area contributed by atoms with Gasteiger partial charge in [0.2, 0.25) is 0 Å². The molecule has 4 N–H and O–H groups in total. The summed E-state index contributed by atoms with van der Waals surface area (Å²) in [5.74, 6) is 5.65. The van der Waals surface area contributed by atoms with Crippen molar-refractivity contribution in [3.63, 3.8) is 0 Å². The maximum absolute atomic E-state index is 12.2. The van der Waals surface area contributed by atoms with Gasteiger partial charge in [0.05, 0.1) is 5.69 Å². The molecule has 0 aliphatic heterocycles. The van der Waals surface area contributed by atoms with Crippen LogP contribution in [0.4, 0.5) is 5.69 Å². The lowest BCUT2D eigenvalue weighted by atomic mass is 9.81. The summed E-state index contributed by atoms with van der Waals surface area (Å²) in [4.78, 5) is 3.87. The Kier molecular flexibility index (Phi) is 4.89. The molecule has 1 aromatic rings. The minimum Gasteiger partial charge on any atom is -0.321 e. The van der Waals surface area contributed by atoms with Crippen LogP contribution in [0.2, 0.25) is 0 Å². The van der Waals surface area contributed by atoms with Gasteiger partial charge >= 0.3 is 0 Å². The number of hydrogen-bond acceptors (Lipinski definition) is 5. The molecule has 19 heavy (non-hydrogen) atoms. The molecule has 0 atom stereocenters. The van der Waals surface area contributed by atoms with Crippen molar-refractivity contribution in [3.05, 3.63) is 18.3 Å². The van der Waals surface area contributed by atoms with Gasteiger partial charge in [-0.25, -0.2) is 18.1 Å². The molecule has 6 nitrogen and oxygen atoms in total. The van der Waals surface area contributed by atoms with E-state index in [0.717, 1.165) is 0 Å². The first-order chi connectivity index (χ1) is 8.70. The Hall–Kier alpha value is -1.18.